The van der Waals surface area contributed by atoms with Crippen molar-refractivity contribution in [3.8, 4) is 0 Å². The van der Waals surface area contributed by atoms with Crippen molar-refractivity contribution in [2.75, 3.05) is 42.9 Å². The normalized spacial score (nSPS) is 14.8. The minimum Gasteiger partial charge on any atom is -0.352 e. The number of nitrogens with zero attached hydrogens (tertiary/aromatic N) is 6. The lowest BCUT2D eigenvalue weighted by molar-refractivity contribution is -0.114. The standard InChI is InChI=1S/C25H29N7O/c1-17-20-6-4-5-7-21(20)25(29-28-17)32-14-12-31(13-15-32)11-10-24-27-22-16-19(26-18(2)33)8-9-23(22)30(24)3/h4-9,16H,10-15H2,1-3H3,(H,26,33). The van der Waals surface area contributed by atoms with Crippen LogP contribution in [0.1, 0.15) is 18.4 Å². The molecule has 33 heavy (non-hydrogen) atoms. The topological polar surface area (TPSA) is 79.2 Å². The zero-order chi connectivity index (χ0) is 22.9. The number of carbonyl (C=O) groups is 1. The second-order valence-electron chi connectivity index (χ2n) is 8.71. The van der Waals surface area contributed by atoms with Crippen LogP contribution in [0.15, 0.2) is 42.5 Å². The summed E-state index contributed by atoms with van der Waals surface area (Å²) in [6.07, 6.45) is 0.883. The molecule has 0 radical (unpaired) electrons. The maximum Gasteiger partial charge on any atom is 0.221 e. The van der Waals surface area contributed by atoms with E-state index in [2.05, 4.69) is 61.2 Å². The molecule has 4 aromatic rings. The molecule has 0 bridgehead atoms. The van der Waals surface area contributed by atoms with E-state index in [1.165, 1.54) is 17.7 Å². The lowest BCUT2D eigenvalue weighted by Crippen LogP contribution is -2.47. The van der Waals surface area contributed by atoms with E-state index in [4.69, 9.17) is 4.98 Å². The van der Waals surface area contributed by atoms with Crippen molar-refractivity contribution in [1.82, 2.24) is 24.6 Å². The first-order chi connectivity index (χ1) is 16.0. The van der Waals surface area contributed by atoms with Crippen LogP contribution in [-0.2, 0) is 18.3 Å². The van der Waals surface area contributed by atoms with Crippen LogP contribution in [0.25, 0.3) is 21.8 Å². The Morgan fingerprint density at radius 2 is 1.79 bits per heavy atom. The molecule has 0 saturated carbocycles. The molecule has 1 fully saturated rings. The number of aromatic nitrogens is 4. The Kier molecular flexibility index (Phi) is 5.68. The van der Waals surface area contributed by atoms with Gasteiger partial charge in [-0.05, 0) is 25.1 Å². The first kappa shape index (κ1) is 21.3. The molecule has 0 aliphatic carbocycles. The number of rotatable bonds is 5. The van der Waals surface area contributed by atoms with Crippen molar-refractivity contribution >= 4 is 39.2 Å². The Labute approximate surface area is 193 Å². The highest BCUT2D eigenvalue weighted by Crippen LogP contribution is 2.26. The zero-order valence-corrected chi connectivity index (χ0v) is 19.4. The van der Waals surface area contributed by atoms with E-state index in [1.807, 2.05) is 25.1 Å². The lowest BCUT2D eigenvalue weighted by Gasteiger charge is -2.35. The van der Waals surface area contributed by atoms with E-state index in [1.54, 1.807) is 0 Å². The van der Waals surface area contributed by atoms with Crippen molar-refractivity contribution in [2.24, 2.45) is 7.05 Å². The number of hydrogen-bond acceptors (Lipinski definition) is 6. The van der Waals surface area contributed by atoms with Crippen molar-refractivity contribution in [2.45, 2.75) is 20.3 Å². The van der Waals surface area contributed by atoms with Gasteiger partial charge in [0, 0.05) is 69.6 Å². The molecule has 8 heteroatoms. The minimum absolute atomic E-state index is 0.0748. The maximum absolute atomic E-state index is 11.3. The summed E-state index contributed by atoms with van der Waals surface area (Å²) in [6.45, 7) is 8.33. The predicted octanol–water partition coefficient (Wildman–Crippen LogP) is 3.15. The molecular weight excluding hydrogens is 414 g/mol. The van der Waals surface area contributed by atoms with Gasteiger partial charge in [-0.15, -0.1) is 5.10 Å². The number of hydrogen-bond donors (Lipinski definition) is 1. The van der Waals surface area contributed by atoms with Gasteiger partial charge in [-0.25, -0.2) is 4.98 Å². The van der Waals surface area contributed by atoms with Gasteiger partial charge in [-0.3, -0.25) is 9.69 Å². The number of benzene rings is 2. The third-order valence-electron chi connectivity index (χ3n) is 6.47. The van der Waals surface area contributed by atoms with Gasteiger partial charge in [0.2, 0.25) is 5.91 Å². The fourth-order valence-corrected chi connectivity index (χ4v) is 4.65. The molecule has 1 saturated heterocycles. The van der Waals surface area contributed by atoms with E-state index >= 15 is 0 Å². The molecule has 0 atom stereocenters. The summed E-state index contributed by atoms with van der Waals surface area (Å²) < 4.78 is 2.15. The average molecular weight is 444 g/mol. The van der Waals surface area contributed by atoms with Gasteiger partial charge in [-0.1, -0.05) is 24.3 Å². The van der Waals surface area contributed by atoms with Crippen LogP contribution in [0.4, 0.5) is 11.5 Å². The number of nitrogens with one attached hydrogen (secondary N) is 1. The molecule has 1 amide bonds. The molecule has 1 aliphatic rings. The van der Waals surface area contributed by atoms with Crippen molar-refractivity contribution in [1.29, 1.82) is 0 Å². The first-order valence-electron chi connectivity index (χ1n) is 11.4. The number of aryl methyl sites for hydroxylation is 2. The summed E-state index contributed by atoms with van der Waals surface area (Å²) in [7, 11) is 2.06. The molecule has 5 rings (SSSR count). The SMILES string of the molecule is CC(=O)Nc1ccc2c(c1)nc(CCN1CCN(c3nnc(C)c4ccccc34)CC1)n2C. The number of fused-ring (bicyclic) bond motifs is 2. The molecule has 2 aromatic heterocycles. The van der Waals surface area contributed by atoms with Gasteiger partial charge < -0.3 is 14.8 Å². The molecule has 170 valence electrons. The van der Waals surface area contributed by atoms with Gasteiger partial charge >= 0.3 is 0 Å². The second-order valence-corrected chi connectivity index (χ2v) is 8.71. The maximum atomic E-state index is 11.3. The van der Waals surface area contributed by atoms with Crippen LogP contribution in [0.3, 0.4) is 0 Å². The lowest BCUT2D eigenvalue weighted by atomic mass is 10.1. The van der Waals surface area contributed by atoms with Crippen molar-refractivity contribution < 1.29 is 4.79 Å². The highest BCUT2D eigenvalue weighted by atomic mass is 16.1. The summed E-state index contributed by atoms with van der Waals surface area (Å²) in [5.74, 6) is 1.97. The molecule has 3 heterocycles. The first-order valence-corrected chi connectivity index (χ1v) is 11.4. The Hall–Kier alpha value is -3.52. The highest BCUT2D eigenvalue weighted by molar-refractivity contribution is 5.93. The molecule has 2 aromatic carbocycles. The largest absolute Gasteiger partial charge is 0.352 e. The second kappa shape index (κ2) is 8.78. The summed E-state index contributed by atoms with van der Waals surface area (Å²) in [5, 5.41) is 14.1. The third kappa shape index (κ3) is 4.26. The van der Waals surface area contributed by atoms with Crippen LogP contribution < -0.4 is 10.2 Å². The molecule has 8 nitrogen and oxygen atoms in total. The van der Waals surface area contributed by atoms with Crippen LogP contribution in [0, 0.1) is 6.92 Å². The van der Waals surface area contributed by atoms with E-state index < -0.39 is 0 Å². The average Bonchev–Trinajstić information content (AvgIpc) is 3.13. The fraction of sp³-hybridized carbons (Fsp3) is 0.360. The molecule has 1 aliphatic heterocycles. The predicted molar refractivity (Wildman–Crippen MR) is 132 cm³/mol. The smallest absolute Gasteiger partial charge is 0.221 e. The van der Waals surface area contributed by atoms with E-state index in [-0.39, 0.29) is 5.91 Å². The summed E-state index contributed by atoms with van der Waals surface area (Å²) in [6, 6.07) is 14.3. The van der Waals surface area contributed by atoms with Crippen molar-refractivity contribution in [3.63, 3.8) is 0 Å². The fourth-order valence-electron chi connectivity index (χ4n) is 4.65. The summed E-state index contributed by atoms with van der Waals surface area (Å²) in [4.78, 5) is 21.0. The van der Waals surface area contributed by atoms with Crippen LogP contribution in [-0.4, -0.2) is 63.3 Å². The molecule has 0 unspecified atom stereocenters. The number of anilines is 2. The minimum atomic E-state index is -0.0748. The van der Waals surface area contributed by atoms with E-state index in [0.29, 0.717) is 0 Å². The summed E-state index contributed by atoms with van der Waals surface area (Å²) in [5.41, 5.74) is 3.74. The van der Waals surface area contributed by atoms with Gasteiger partial charge in [0.05, 0.1) is 16.7 Å². The quantitative estimate of drug-likeness (QED) is 0.511. The number of piperazine rings is 1. The summed E-state index contributed by atoms with van der Waals surface area (Å²) >= 11 is 0. The Morgan fingerprint density at radius 1 is 1.03 bits per heavy atom. The van der Waals surface area contributed by atoms with Gasteiger partial charge in [0.15, 0.2) is 5.82 Å². The van der Waals surface area contributed by atoms with Gasteiger partial charge in [-0.2, -0.15) is 5.10 Å². The third-order valence-corrected chi connectivity index (χ3v) is 6.47. The van der Waals surface area contributed by atoms with Gasteiger partial charge in [0.25, 0.3) is 0 Å². The van der Waals surface area contributed by atoms with Crippen LogP contribution in [0.5, 0.6) is 0 Å². The Morgan fingerprint density at radius 3 is 2.55 bits per heavy atom. The number of amides is 1. The van der Waals surface area contributed by atoms with E-state index in [0.717, 1.165) is 73.2 Å². The van der Waals surface area contributed by atoms with Crippen LogP contribution >= 0.6 is 0 Å². The van der Waals surface area contributed by atoms with Crippen LogP contribution in [0.2, 0.25) is 0 Å². The highest BCUT2D eigenvalue weighted by Gasteiger charge is 2.21. The number of imidazole rings is 1. The zero-order valence-electron chi connectivity index (χ0n) is 19.4. The molecule has 0 spiro atoms. The monoisotopic (exact) mass is 443 g/mol. The Balaban J connectivity index is 1.23. The number of carbonyl (C=O) groups excluding carboxylic acids is 1. The Bertz CT molecular complexity index is 1320. The van der Waals surface area contributed by atoms with E-state index in [9.17, 15) is 4.79 Å². The molecular formula is C25H29N7O. The molecule has 1 N–H and O–H groups in total. The van der Waals surface area contributed by atoms with Crippen molar-refractivity contribution in [3.05, 3.63) is 54.0 Å². The van der Waals surface area contributed by atoms with Gasteiger partial charge in [0.1, 0.15) is 5.82 Å².